The number of H-pyrrole nitrogens is 1. The SMILES string of the molecule is COC(=O)C1(CN(C)Cc2ccc[nH]2)CC1. The molecule has 1 aromatic rings. The highest BCUT2D eigenvalue weighted by Gasteiger charge is 2.51. The molecule has 0 radical (unpaired) electrons. The van der Waals surface area contributed by atoms with E-state index >= 15 is 0 Å². The number of ether oxygens (including phenoxy) is 1. The summed E-state index contributed by atoms with van der Waals surface area (Å²) < 4.78 is 4.84. The Morgan fingerprint density at radius 1 is 1.62 bits per heavy atom. The second-order valence-electron chi connectivity index (χ2n) is 4.64. The summed E-state index contributed by atoms with van der Waals surface area (Å²) in [6, 6.07) is 4.03. The average Bonchev–Trinajstić information content (AvgIpc) is 2.85. The van der Waals surface area contributed by atoms with Gasteiger partial charge in [0.1, 0.15) is 0 Å². The van der Waals surface area contributed by atoms with Gasteiger partial charge in [0.25, 0.3) is 0 Å². The molecular weight excluding hydrogens is 204 g/mol. The number of aromatic amines is 1. The third-order valence-corrected chi connectivity index (χ3v) is 3.15. The fraction of sp³-hybridized carbons (Fsp3) is 0.583. The van der Waals surface area contributed by atoms with Gasteiger partial charge in [0.15, 0.2) is 0 Å². The van der Waals surface area contributed by atoms with E-state index in [1.54, 1.807) is 0 Å². The smallest absolute Gasteiger partial charge is 0.313 e. The van der Waals surface area contributed by atoms with Gasteiger partial charge in [-0.2, -0.15) is 0 Å². The first-order chi connectivity index (χ1) is 7.66. The Kier molecular flexibility index (Phi) is 3.01. The van der Waals surface area contributed by atoms with E-state index in [0.717, 1.165) is 25.9 Å². The number of carbonyl (C=O) groups excluding carboxylic acids is 1. The zero-order valence-corrected chi connectivity index (χ0v) is 9.82. The van der Waals surface area contributed by atoms with Crippen LogP contribution in [0.1, 0.15) is 18.5 Å². The lowest BCUT2D eigenvalue weighted by molar-refractivity contribution is -0.147. The average molecular weight is 222 g/mol. The molecular formula is C12H18N2O2. The maximum absolute atomic E-state index is 11.6. The Balaban J connectivity index is 1.88. The second-order valence-corrected chi connectivity index (χ2v) is 4.64. The van der Waals surface area contributed by atoms with Crippen molar-refractivity contribution in [3.8, 4) is 0 Å². The van der Waals surface area contributed by atoms with Crippen molar-refractivity contribution < 1.29 is 9.53 Å². The van der Waals surface area contributed by atoms with E-state index in [1.807, 2.05) is 25.4 Å². The molecule has 1 saturated carbocycles. The number of aromatic nitrogens is 1. The first-order valence-corrected chi connectivity index (χ1v) is 5.55. The molecule has 1 heterocycles. The fourth-order valence-electron chi connectivity index (χ4n) is 2.12. The molecule has 0 spiro atoms. The van der Waals surface area contributed by atoms with Gasteiger partial charge >= 0.3 is 5.97 Å². The van der Waals surface area contributed by atoms with Crippen LogP contribution in [0.25, 0.3) is 0 Å². The summed E-state index contributed by atoms with van der Waals surface area (Å²) >= 11 is 0. The summed E-state index contributed by atoms with van der Waals surface area (Å²) in [5.74, 6) is -0.0640. The molecule has 1 aliphatic carbocycles. The van der Waals surface area contributed by atoms with Crippen molar-refractivity contribution in [2.75, 3.05) is 20.7 Å². The first-order valence-electron chi connectivity index (χ1n) is 5.55. The van der Waals surface area contributed by atoms with Crippen LogP contribution in [-0.2, 0) is 16.1 Å². The van der Waals surface area contributed by atoms with E-state index in [2.05, 4.69) is 9.88 Å². The zero-order chi connectivity index (χ0) is 11.6. The van der Waals surface area contributed by atoms with Crippen LogP contribution in [-0.4, -0.2) is 36.6 Å². The van der Waals surface area contributed by atoms with Crippen molar-refractivity contribution >= 4 is 5.97 Å². The standard InChI is InChI=1S/C12H18N2O2/c1-14(8-10-4-3-7-13-10)9-12(5-6-12)11(15)16-2/h3-4,7,13H,5-6,8-9H2,1-2H3. The minimum absolute atomic E-state index is 0.0640. The summed E-state index contributed by atoms with van der Waals surface area (Å²) in [4.78, 5) is 16.9. The Morgan fingerprint density at radius 3 is 2.88 bits per heavy atom. The molecule has 0 bridgehead atoms. The van der Waals surface area contributed by atoms with E-state index in [1.165, 1.54) is 12.8 Å². The van der Waals surface area contributed by atoms with Crippen LogP contribution in [0.5, 0.6) is 0 Å². The van der Waals surface area contributed by atoms with Crippen molar-refractivity contribution in [1.82, 2.24) is 9.88 Å². The maximum Gasteiger partial charge on any atom is 0.313 e. The van der Waals surface area contributed by atoms with Crippen LogP contribution in [0.4, 0.5) is 0 Å². The van der Waals surface area contributed by atoms with E-state index in [9.17, 15) is 4.79 Å². The third kappa shape index (κ3) is 2.27. The van der Waals surface area contributed by atoms with Gasteiger partial charge in [-0.25, -0.2) is 0 Å². The van der Waals surface area contributed by atoms with Crippen molar-refractivity contribution in [3.63, 3.8) is 0 Å². The lowest BCUT2D eigenvalue weighted by Crippen LogP contribution is -2.32. The molecule has 1 N–H and O–H groups in total. The van der Waals surface area contributed by atoms with Gasteiger partial charge in [0.2, 0.25) is 0 Å². The van der Waals surface area contributed by atoms with Crippen LogP contribution < -0.4 is 0 Å². The van der Waals surface area contributed by atoms with Gasteiger partial charge in [-0.05, 0) is 32.0 Å². The molecule has 2 rings (SSSR count). The van der Waals surface area contributed by atoms with Crippen molar-refractivity contribution in [2.45, 2.75) is 19.4 Å². The molecule has 0 unspecified atom stereocenters. The number of esters is 1. The number of carbonyl (C=O) groups is 1. The molecule has 16 heavy (non-hydrogen) atoms. The molecule has 0 aliphatic heterocycles. The first kappa shape index (κ1) is 11.2. The van der Waals surface area contributed by atoms with Crippen molar-refractivity contribution in [2.24, 2.45) is 5.41 Å². The summed E-state index contributed by atoms with van der Waals surface area (Å²) in [6.45, 7) is 1.62. The minimum Gasteiger partial charge on any atom is -0.469 e. The van der Waals surface area contributed by atoms with Gasteiger partial charge in [-0.15, -0.1) is 0 Å². The summed E-state index contributed by atoms with van der Waals surface area (Å²) in [6.07, 6.45) is 3.82. The Morgan fingerprint density at radius 2 is 2.38 bits per heavy atom. The predicted octanol–water partition coefficient (Wildman–Crippen LogP) is 1.40. The highest BCUT2D eigenvalue weighted by Crippen LogP contribution is 2.47. The number of methoxy groups -OCH3 is 1. The highest BCUT2D eigenvalue weighted by atomic mass is 16.5. The molecule has 88 valence electrons. The Bertz CT molecular complexity index is 355. The number of nitrogens with zero attached hydrogens (tertiary/aromatic N) is 1. The molecule has 4 nitrogen and oxygen atoms in total. The van der Waals surface area contributed by atoms with Crippen LogP contribution >= 0.6 is 0 Å². The van der Waals surface area contributed by atoms with Gasteiger partial charge in [0.05, 0.1) is 12.5 Å². The van der Waals surface area contributed by atoms with Crippen molar-refractivity contribution in [1.29, 1.82) is 0 Å². The topological polar surface area (TPSA) is 45.3 Å². The number of hydrogen-bond acceptors (Lipinski definition) is 3. The molecule has 0 atom stereocenters. The van der Waals surface area contributed by atoms with Gasteiger partial charge in [-0.3, -0.25) is 9.69 Å². The number of hydrogen-bond donors (Lipinski definition) is 1. The molecule has 4 heteroatoms. The molecule has 0 saturated heterocycles. The largest absolute Gasteiger partial charge is 0.469 e. The van der Waals surface area contributed by atoms with Gasteiger partial charge in [0, 0.05) is 25.0 Å². The van der Waals surface area contributed by atoms with Crippen molar-refractivity contribution in [3.05, 3.63) is 24.0 Å². The summed E-state index contributed by atoms with van der Waals surface area (Å²) in [7, 11) is 3.50. The highest BCUT2D eigenvalue weighted by molar-refractivity contribution is 5.80. The third-order valence-electron chi connectivity index (χ3n) is 3.15. The molecule has 0 aromatic carbocycles. The predicted molar refractivity (Wildman–Crippen MR) is 60.8 cm³/mol. The lowest BCUT2D eigenvalue weighted by Gasteiger charge is -2.21. The Hall–Kier alpha value is -1.29. The number of rotatable bonds is 5. The Labute approximate surface area is 95.6 Å². The second kappa shape index (κ2) is 4.29. The molecule has 0 amide bonds. The van der Waals surface area contributed by atoms with Crippen LogP contribution in [0, 0.1) is 5.41 Å². The number of nitrogens with one attached hydrogen (secondary N) is 1. The maximum atomic E-state index is 11.6. The zero-order valence-electron chi connectivity index (χ0n) is 9.82. The molecule has 1 fully saturated rings. The van der Waals surface area contributed by atoms with Crippen LogP contribution in [0.15, 0.2) is 18.3 Å². The van der Waals surface area contributed by atoms with Gasteiger partial charge in [-0.1, -0.05) is 0 Å². The van der Waals surface area contributed by atoms with E-state index in [4.69, 9.17) is 4.74 Å². The normalized spacial score (nSPS) is 17.4. The summed E-state index contributed by atoms with van der Waals surface area (Å²) in [5.41, 5.74) is 0.943. The van der Waals surface area contributed by atoms with E-state index < -0.39 is 0 Å². The lowest BCUT2D eigenvalue weighted by atomic mass is 10.1. The minimum atomic E-state index is -0.226. The molecule has 1 aliphatic rings. The fourth-order valence-corrected chi connectivity index (χ4v) is 2.12. The van der Waals surface area contributed by atoms with Gasteiger partial charge < -0.3 is 9.72 Å². The summed E-state index contributed by atoms with van der Waals surface area (Å²) in [5, 5.41) is 0. The van der Waals surface area contributed by atoms with Crippen LogP contribution in [0.3, 0.4) is 0 Å². The monoisotopic (exact) mass is 222 g/mol. The molecule has 1 aromatic heterocycles. The quantitative estimate of drug-likeness (QED) is 0.766. The van der Waals surface area contributed by atoms with E-state index in [-0.39, 0.29) is 11.4 Å². The van der Waals surface area contributed by atoms with E-state index in [0.29, 0.717) is 0 Å². The van der Waals surface area contributed by atoms with Crippen LogP contribution in [0.2, 0.25) is 0 Å².